The minimum atomic E-state index is -0.839. The zero-order chi connectivity index (χ0) is 17.1. The van der Waals surface area contributed by atoms with Crippen molar-refractivity contribution >= 4 is 17.8 Å². The van der Waals surface area contributed by atoms with E-state index in [0.29, 0.717) is 11.6 Å². The molecule has 124 valence electrons. The van der Waals surface area contributed by atoms with Crippen molar-refractivity contribution in [2.45, 2.75) is 59.3 Å². The molecule has 0 saturated heterocycles. The lowest BCUT2D eigenvalue weighted by atomic mass is 10.1. The molecule has 0 atom stereocenters. The van der Waals surface area contributed by atoms with Crippen LogP contribution >= 0.6 is 0 Å². The van der Waals surface area contributed by atoms with E-state index in [1.54, 1.807) is 0 Å². The summed E-state index contributed by atoms with van der Waals surface area (Å²) in [6, 6.07) is 0. The van der Waals surface area contributed by atoms with Gasteiger partial charge >= 0.3 is 11.9 Å². The standard InChI is InChI=1S/C16H25NO5/c1-6-7-8-9-10-11-14(18)17(21-15(19)12(2)3)22-16(20)13(4)5/h2,4,6-11H2,1,3,5H3. The van der Waals surface area contributed by atoms with E-state index in [0.717, 1.165) is 25.7 Å². The highest BCUT2D eigenvalue weighted by molar-refractivity contribution is 5.90. The van der Waals surface area contributed by atoms with Crippen molar-refractivity contribution in [3.8, 4) is 0 Å². The van der Waals surface area contributed by atoms with Crippen LogP contribution < -0.4 is 0 Å². The molecule has 0 aliphatic heterocycles. The number of hydrogen-bond donors (Lipinski definition) is 0. The van der Waals surface area contributed by atoms with Crippen LogP contribution in [0.1, 0.15) is 59.3 Å². The summed E-state index contributed by atoms with van der Waals surface area (Å²) >= 11 is 0. The molecular formula is C16H25NO5. The van der Waals surface area contributed by atoms with Gasteiger partial charge in [-0.2, -0.15) is 0 Å². The van der Waals surface area contributed by atoms with Crippen LogP contribution in [-0.2, 0) is 24.1 Å². The van der Waals surface area contributed by atoms with Crippen molar-refractivity contribution in [1.29, 1.82) is 0 Å². The van der Waals surface area contributed by atoms with Gasteiger partial charge in [-0.3, -0.25) is 14.5 Å². The van der Waals surface area contributed by atoms with Crippen LogP contribution in [-0.4, -0.2) is 23.1 Å². The third-order valence-corrected chi connectivity index (χ3v) is 2.73. The van der Waals surface area contributed by atoms with E-state index < -0.39 is 17.8 Å². The largest absolute Gasteiger partial charge is 0.362 e. The molecule has 0 bridgehead atoms. The molecule has 1 amide bonds. The minimum absolute atomic E-state index is 0.0899. The normalized spacial score (nSPS) is 9.77. The zero-order valence-electron chi connectivity index (χ0n) is 13.6. The molecule has 0 heterocycles. The minimum Gasteiger partial charge on any atom is -0.298 e. The summed E-state index contributed by atoms with van der Waals surface area (Å²) in [4.78, 5) is 44.5. The zero-order valence-corrected chi connectivity index (χ0v) is 13.6. The lowest BCUT2D eigenvalue weighted by Crippen LogP contribution is -2.36. The number of carbonyl (C=O) groups excluding carboxylic acids is 3. The quantitative estimate of drug-likeness (QED) is 0.391. The van der Waals surface area contributed by atoms with E-state index in [9.17, 15) is 14.4 Å². The van der Waals surface area contributed by atoms with E-state index in [1.165, 1.54) is 13.8 Å². The first kappa shape index (κ1) is 19.9. The number of amides is 1. The van der Waals surface area contributed by atoms with Gasteiger partial charge in [0, 0.05) is 22.8 Å². The Morgan fingerprint density at radius 1 is 0.864 bits per heavy atom. The van der Waals surface area contributed by atoms with Gasteiger partial charge in [-0.15, -0.1) is 0 Å². The maximum atomic E-state index is 12.0. The van der Waals surface area contributed by atoms with Crippen LogP contribution in [0.4, 0.5) is 0 Å². The van der Waals surface area contributed by atoms with Crippen LogP contribution in [0.25, 0.3) is 0 Å². The molecule has 0 aliphatic carbocycles. The number of carbonyl (C=O) groups is 3. The molecule has 22 heavy (non-hydrogen) atoms. The van der Waals surface area contributed by atoms with Crippen molar-refractivity contribution in [3.63, 3.8) is 0 Å². The Kier molecular flexibility index (Phi) is 9.58. The van der Waals surface area contributed by atoms with Crippen molar-refractivity contribution in [2.75, 3.05) is 0 Å². The molecule has 0 unspecified atom stereocenters. The SMILES string of the molecule is C=C(C)C(=O)ON(OC(=O)C(=C)C)C(=O)CCCCCCC. The fourth-order valence-corrected chi connectivity index (χ4v) is 1.40. The summed E-state index contributed by atoms with van der Waals surface area (Å²) in [5, 5.41) is 0.327. The molecule has 0 radical (unpaired) electrons. The van der Waals surface area contributed by atoms with Gasteiger partial charge in [0.05, 0.1) is 0 Å². The smallest absolute Gasteiger partial charge is 0.298 e. The predicted octanol–water partition coefficient (Wildman–Crippen LogP) is 3.24. The van der Waals surface area contributed by atoms with Gasteiger partial charge in [-0.1, -0.05) is 45.8 Å². The van der Waals surface area contributed by atoms with E-state index in [4.69, 9.17) is 9.68 Å². The second-order valence-electron chi connectivity index (χ2n) is 5.13. The van der Waals surface area contributed by atoms with Gasteiger partial charge in [0.25, 0.3) is 5.91 Å². The Labute approximate surface area is 131 Å². The van der Waals surface area contributed by atoms with Gasteiger partial charge < -0.3 is 0 Å². The second kappa shape index (κ2) is 10.6. The highest BCUT2D eigenvalue weighted by atomic mass is 17.0. The molecule has 0 rings (SSSR count). The Morgan fingerprint density at radius 2 is 1.32 bits per heavy atom. The van der Waals surface area contributed by atoms with Gasteiger partial charge in [-0.25, -0.2) is 9.59 Å². The summed E-state index contributed by atoms with van der Waals surface area (Å²) in [6.07, 6.45) is 4.87. The fourth-order valence-electron chi connectivity index (χ4n) is 1.40. The molecular weight excluding hydrogens is 286 g/mol. The molecule has 0 aromatic heterocycles. The Bertz CT molecular complexity index is 414. The van der Waals surface area contributed by atoms with Gasteiger partial charge in [0.15, 0.2) is 0 Å². The van der Waals surface area contributed by atoms with Gasteiger partial charge in [0.1, 0.15) is 0 Å². The van der Waals surface area contributed by atoms with Crippen LogP contribution in [0, 0.1) is 0 Å². The molecule has 0 N–H and O–H groups in total. The molecule has 0 saturated carbocycles. The number of nitrogens with zero attached hydrogens (tertiary/aromatic N) is 1. The highest BCUT2D eigenvalue weighted by Gasteiger charge is 2.24. The van der Waals surface area contributed by atoms with E-state index in [-0.39, 0.29) is 17.6 Å². The Morgan fingerprint density at radius 3 is 1.73 bits per heavy atom. The fraction of sp³-hybridized carbons (Fsp3) is 0.562. The highest BCUT2D eigenvalue weighted by Crippen LogP contribution is 2.10. The summed E-state index contributed by atoms with van der Waals surface area (Å²) in [7, 11) is 0. The van der Waals surface area contributed by atoms with Crippen molar-refractivity contribution in [3.05, 3.63) is 24.3 Å². The van der Waals surface area contributed by atoms with Crippen molar-refractivity contribution in [2.24, 2.45) is 0 Å². The lowest BCUT2D eigenvalue weighted by molar-refractivity contribution is -0.302. The third-order valence-electron chi connectivity index (χ3n) is 2.73. The summed E-state index contributed by atoms with van der Waals surface area (Å²) in [6.45, 7) is 11.8. The van der Waals surface area contributed by atoms with E-state index in [2.05, 4.69) is 20.1 Å². The molecule has 0 spiro atoms. The van der Waals surface area contributed by atoms with Crippen LogP contribution in [0.15, 0.2) is 24.3 Å². The van der Waals surface area contributed by atoms with E-state index in [1.807, 2.05) is 0 Å². The first-order valence-electron chi connectivity index (χ1n) is 7.38. The number of rotatable bonds is 8. The molecule has 6 nitrogen and oxygen atoms in total. The summed E-state index contributed by atoms with van der Waals surface area (Å²) < 4.78 is 0. The van der Waals surface area contributed by atoms with Crippen LogP contribution in [0.3, 0.4) is 0 Å². The predicted molar refractivity (Wildman–Crippen MR) is 82.0 cm³/mol. The number of unbranched alkanes of at least 4 members (excludes halogenated alkanes) is 4. The average molecular weight is 311 g/mol. The Hall–Kier alpha value is -2.11. The van der Waals surface area contributed by atoms with Gasteiger partial charge in [0.2, 0.25) is 0 Å². The topological polar surface area (TPSA) is 72.9 Å². The molecule has 0 aromatic carbocycles. The van der Waals surface area contributed by atoms with Crippen LogP contribution in [0.2, 0.25) is 0 Å². The summed E-state index contributed by atoms with van der Waals surface area (Å²) in [5.74, 6) is -2.27. The van der Waals surface area contributed by atoms with Gasteiger partial charge in [-0.05, 0) is 20.3 Å². The molecule has 6 heteroatoms. The van der Waals surface area contributed by atoms with Crippen molar-refractivity contribution in [1.82, 2.24) is 5.23 Å². The first-order chi connectivity index (χ1) is 10.3. The number of hydrogen-bond acceptors (Lipinski definition) is 5. The molecule has 0 fully saturated rings. The number of hydroxylamine groups is 2. The van der Waals surface area contributed by atoms with E-state index >= 15 is 0 Å². The third kappa shape index (κ3) is 8.24. The monoisotopic (exact) mass is 311 g/mol. The maximum Gasteiger partial charge on any atom is 0.362 e. The lowest BCUT2D eigenvalue weighted by Gasteiger charge is -2.19. The molecule has 0 aliphatic rings. The Balaban J connectivity index is 4.58. The molecule has 0 aromatic rings. The second-order valence-corrected chi connectivity index (χ2v) is 5.13. The first-order valence-corrected chi connectivity index (χ1v) is 7.38. The van der Waals surface area contributed by atoms with Crippen LogP contribution in [0.5, 0.6) is 0 Å². The maximum absolute atomic E-state index is 12.0. The van der Waals surface area contributed by atoms with Crippen molar-refractivity contribution < 1.29 is 24.1 Å². The average Bonchev–Trinajstić information content (AvgIpc) is 2.45. The summed E-state index contributed by atoms with van der Waals surface area (Å²) in [5.41, 5.74) is 0.180.